The standard InChI is InChI=1S/C31H26N4O8S/c1-4-43-30(38)25-26(20-8-6-5-7-9-20)32-31-33(27(25)21-12-10-19(11-13-21)17(2)3)29(37)24(44-31)16-18-14-22(34(39)40)28(36)23(15-18)35(41)42/h5-17,27,36H,4H2,1-3H3/b24-16-/t27-/m0/s1. The van der Waals surface area contributed by atoms with E-state index in [1.807, 2.05) is 44.2 Å². The summed E-state index contributed by atoms with van der Waals surface area (Å²) in [4.78, 5) is 53.7. The van der Waals surface area contributed by atoms with Gasteiger partial charge in [-0.05, 0) is 35.6 Å². The maximum Gasteiger partial charge on any atom is 0.338 e. The summed E-state index contributed by atoms with van der Waals surface area (Å²) in [6.07, 6.45) is 1.26. The van der Waals surface area contributed by atoms with E-state index in [9.17, 15) is 34.9 Å². The Labute approximate surface area is 253 Å². The molecule has 1 atom stereocenters. The van der Waals surface area contributed by atoms with Crippen LogP contribution in [0.1, 0.15) is 55.0 Å². The quantitative estimate of drug-likeness (QED) is 0.171. The van der Waals surface area contributed by atoms with Crippen molar-refractivity contribution in [3.63, 3.8) is 0 Å². The molecule has 12 nitrogen and oxygen atoms in total. The molecule has 1 aliphatic heterocycles. The molecule has 1 N–H and O–H groups in total. The molecule has 0 saturated heterocycles. The second-order valence-corrected chi connectivity index (χ2v) is 11.2. The normalized spacial score (nSPS) is 14.7. The average Bonchev–Trinajstić information content (AvgIpc) is 3.31. The molecular weight excluding hydrogens is 588 g/mol. The van der Waals surface area contributed by atoms with E-state index in [1.165, 1.54) is 10.6 Å². The number of aromatic hydroxyl groups is 1. The zero-order chi connectivity index (χ0) is 31.7. The van der Waals surface area contributed by atoms with Crippen molar-refractivity contribution in [1.82, 2.24) is 4.57 Å². The molecule has 0 radical (unpaired) electrons. The van der Waals surface area contributed by atoms with Crippen molar-refractivity contribution >= 4 is 40.5 Å². The number of esters is 1. The molecular formula is C31H26N4O8S. The van der Waals surface area contributed by atoms with E-state index < -0.39 is 44.5 Å². The molecule has 0 bridgehead atoms. The van der Waals surface area contributed by atoms with Gasteiger partial charge in [0, 0.05) is 17.7 Å². The van der Waals surface area contributed by atoms with E-state index in [4.69, 9.17) is 9.73 Å². The Morgan fingerprint density at radius 1 is 1.07 bits per heavy atom. The molecule has 0 saturated carbocycles. The third-order valence-corrected chi connectivity index (χ3v) is 8.06. The number of carbonyl (C=O) groups excluding carboxylic acids is 1. The highest BCUT2D eigenvalue weighted by Gasteiger charge is 2.35. The van der Waals surface area contributed by atoms with Crippen LogP contribution in [0.3, 0.4) is 0 Å². The number of aromatic nitrogens is 1. The fraction of sp³-hybridized carbons (Fsp3) is 0.194. The first-order chi connectivity index (χ1) is 21.0. The summed E-state index contributed by atoms with van der Waals surface area (Å²) < 4.78 is 6.88. The lowest BCUT2D eigenvalue weighted by Crippen LogP contribution is -2.40. The van der Waals surface area contributed by atoms with Crippen LogP contribution < -0.4 is 14.9 Å². The predicted octanol–water partition coefficient (Wildman–Crippen LogP) is 4.58. The summed E-state index contributed by atoms with van der Waals surface area (Å²) >= 11 is 0.961. The number of nitro benzene ring substituents is 2. The van der Waals surface area contributed by atoms with Gasteiger partial charge in [0.25, 0.3) is 11.3 Å². The maximum atomic E-state index is 14.0. The van der Waals surface area contributed by atoms with E-state index >= 15 is 0 Å². The van der Waals surface area contributed by atoms with Gasteiger partial charge >= 0.3 is 17.3 Å². The Morgan fingerprint density at radius 2 is 1.68 bits per heavy atom. The molecule has 2 heterocycles. The van der Waals surface area contributed by atoms with Crippen LogP contribution in [0.15, 0.2) is 82.1 Å². The van der Waals surface area contributed by atoms with Crippen molar-refractivity contribution in [2.24, 2.45) is 4.99 Å². The number of phenols is 1. The van der Waals surface area contributed by atoms with Crippen LogP contribution in [-0.4, -0.2) is 32.1 Å². The number of rotatable bonds is 8. The van der Waals surface area contributed by atoms with E-state index in [0.29, 0.717) is 16.8 Å². The Bertz CT molecular complexity index is 1980. The number of hydrogen-bond donors (Lipinski definition) is 1. The van der Waals surface area contributed by atoms with Gasteiger partial charge in [0.05, 0.1) is 38.3 Å². The van der Waals surface area contributed by atoms with Crippen molar-refractivity contribution in [2.45, 2.75) is 32.7 Å². The van der Waals surface area contributed by atoms with Gasteiger partial charge in [-0.25, -0.2) is 9.79 Å². The fourth-order valence-electron chi connectivity index (χ4n) is 4.96. The van der Waals surface area contributed by atoms with E-state index in [1.54, 1.807) is 31.2 Å². The second kappa shape index (κ2) is 12.1. The first-order valence-electron chi connectivity index (χ1n) is 13.6. The van der Waals surface area contributed by atoms with Crippen molar-refractivity contribution in [3.8, 4) is 5.75 Å². The number of nitro groups is 2. The van der Waals surface area contributed by atoms with Gasteiger partial charge in [-0.1, -0.05) is 79.8 Å². The van der Waals surface area contributed by atoms with Gasteiger partial charge in [-0.15, -0.1) is 0 Å². The SMILES string of the molecule is CCOC(=O)C1=C(c2ccccc2)N=c2s/c(=C\c3cc([N+](=O)[O-])c(O)c([N+](=O)[O-])c3)c(=O)n2[C@H]1c1ccc(C(C)C)cc1. The third kappa shape index (κ3) is 5.52. The minimum atomic E-state index is -1.09. The topological polar surface area (TPSA) is 167 Å². The summed E-state index contributed by atoms with van der Waals surface area (Å²) in [6, 6.07) is 17.5. The molecule has 13 heteroatoms. The summed E-state index contributed by atoms with van der Waals surface area (Å²) in [5.74, 6) is -1.49. The van der Waals surface area contributed by atoms with E-state index in [0.717, 1.165) is 29.0 Å². The predicted molar refractivity (Wildman–Crippen MR) is 163 cm³/mol. The summed E-state index contributed by atoms with van der Waals surface area (Å²) in [7, 11) is 0. The number of carbonyl (C=O) groups is 1. The molecule has 0 amide bonds. The molecule has 4 aromatic rings. The van der Waals surface area contributed by atoms with Crippen LogP contribution in [-0.2, 0) is 9.53 Å². The van der Waals surface area contributed by atoms with Gasteiger partial charge in [0.15, 0.2) is 4.80 Å². The van der Waals surface area contributed by atoms with Gasteiger partial charge in [0.1, 0.15) is 0 Å². The number of thiazole rings is 1. The maximum absolute atomic E-state index is 14.0. The molecule has 44 heavy (non-hydrogen) atoms. The molecule has 0 unspecified atom stereocenters. The molecule has 5 rings (SSSR count). The van der Waals surface area contributed by atoms with Crippen molar-refractivity contribution in [2.75, 3.05) is 6.61 Å². The molecule has 224 valence electrons. The lowest BCUT2D eigenvalue weighted by atomic mass is 9.91. The van der Waals surface area contributed by atoms with E-state index in [2.05, 4.69) is 0 Å². The number of nitrogens with zero attached hydrogens (tertiary/aromatic N) is 4. The minimum Gasteiger partial charge on any atom is -0.497 e. The number of ether oxygens (including phenoxy) is 1. The first kappa shape index (κ1) is 30.0. The summed E-state index contributed by atoms with van der Waals surface area (Å²) in [5.41, 5.74) is 0.425. The first-order valence-corrected chi connectivity index (χ1v) is 14.4. The zero-order valence-corrected chi connectivity index (χ0v) is 24.6. The van der Waals surface area contributed by atoms with Gasteiger partial charge in [0.2, 0.25) is 0 Å². The van der Waals surface area contributed by atoms with Crippen molar-refractivity contribution in [3.05, 3.63) is 134 Å². The molecule has 1 aromatic heterocycles. The Morgan fingerprint density at radius 3 is 2.23 bits per heavy atom. The third-order valence-electron chi connectivity index (χ3n) is 7.08. The van der Waals surface area contributed by atoms with Crippen molar-refractivity contribution in [1.29, 1.82) is 0 Å². The van der Waals surface area contributed by atoms with Crippen molar-refractivity contribution < 1.29 is 24.5 Å². The lowest BCUT2D eigenvalue weighted by Gasteiger charge is -2.26. The summed E-state index contributed by atoms with van der Waals surface area (Å²) in [5, 5.41) is 33.1. The lowest BCUT2D eigenvalue weighted by molar-refractivity contribution is -0.396. The average molecular weight is 615 g/mol. The van der Waals surface area contributed by atoms with Crippen LogP contribution in [0, 0.1) is 20.2 Å². The molecule has 0 spiro atoms. The zero-order valence-electron chi connectivity index (χ0n) is 23.8. The highest BCUT2D eigenvalue weighted by molar-refractivity contribution is 7.07. The number of hydrogen-bond acceptors (Lipinski definition) is 10. The smallest absolute Gasteiger partial charge is 0.338 e. The van der Waals surface area contributed by atoms with E-state index in [-0.39, 0.29) is 33.0 Å². The minimum absolute atomic E-state index is 0.0443. The molecule has 0 fully saturated rings. The van der Waals surface area contributed by atoms with Crippen LogP contribution in [0.5, 0.6) is 5.75 Å². The Hall–Kier alpha value is -5.43. The highest BCUT2D eigenvalue weighted by Crippen LogP contribution is 2.38. The summed E-state index contributed by atoms with van der Waals surface area (Å²) in [6.45, 7) is 5.87. The number of fused-ring (bicyclic) bond motifs is 1. The highest BCUT2D eigenvalue weighted by atomic mass is 32.1. The van der Waals surface area contributed by atoms with Crippen LogP contribution in [0.25, 0.3) is 11.8 Å². The second-order valence-electron chi connectivity index (χ2n) is 10.2. The number of benzene rings is 3. The molecule has 0 aliphatic carbocycles. The Balaban J connectivity index is 1.82. The molecule has 1 aliphatic rings. The molecule has 3 aromatic carbocycles. The van der Waals surface area contributed by atoms with Gasteiger partial charge < -0.3 is 9.84 Å². The largest absolute Gasteiger partial charge is 0.497 e. The van der Waals surface area contributed by atoms with Gasteiger partial charge in [-0.2, -0.15) is 0 Å². The number of phenolic OH excluding ortho intramolecular Hbond substituents is 1. The monoisotopic (exact) mass is 614 g/mol. The van der Waals surface area contributed by atoms with Crippen LogP contribution in [0.2, 0.25) is 0 Å². The van der Waals surface area contributed by atoms with Crippen LogP contribution in [0.4, 0.5) is 11.4 Å². The van der Waals surface area contributed by atoms with Gasteiger partial charge in [-0.3, -0.25) is 29.6 Å². The van der Waals surface area contributed by atoms with Crippen LogP contribution >= 0.6 is 11.3 Å². The fourth-order valence-corrected chi connectivity index (χ4v) is 5.96. The Kier molecular flexibility index (Phi) is 8.23.